The summed E-state index contributed by atoms with van der Waals surface area (Å²) in [6.07, 6.45) is 0. The van der Waals surface area contributed by atoms with Crippen molar-refractivity contribution in [3.05, 3.63) is 53.3 Å². The number of nitrogen functional groups attached to an aromatic ring is 1. The highest BCUT2D eigenvalue weighted by molar-refractivity contribution is 5.82. The van der Waals surface area contributed by atoms with E-state index in [0.29, 0.717) is 5.69 Å². The molecule has 0 radical (unpaired) electrons. The first-order valence-electron chi connectivity index (χ1n) is 5.71. The van der Waals surface area contributed by atoms with Gasteiger partial charge in [-0.3, -0.25) is 0 Å². The molecule has 0 aromatic heterocycles. The Morgan fingerprint density at radius 2 is 1.76 bits per heavy atom. The van der Waals surface area contributed by atoms with E-state index in [2.05, 4.69) is 19.9 Å². The molecular formula is C15H14FN. The van der Waals surface area contributed by atoms with Gasteiger partial charge in [-0.05, 0) is 28.8 Å². The molecular weight excluding hydrogens is 213 g/mol. The quantitative estimate of drug-likeness (QED) is 0.682. The van der Waals surface area contributed by atoms with Crippen LogP contribution in [0.5, 0.6) is 0 Å². The van der Waals surface area contributed by atoms with Gasteiger partial charge in [0.25, 0.3) is 0 Å². The maximum atomic E-state index is 14.1. The van der Waals surface area contributed by atoms with Crippen LogP contribution in [0.1, 0.15) is 25.0 Å². The number of nitrogens with two attached hydrogens (primary N) is 1. The van der Waals surface area contributed by atoms with Crippen LogP contribution in [0.3, 0.4) is 0 Å². The van der Waals surface area contributed by atoms with E-state index in [1.165, 1.54) is 11.6 Å². The van der Waals surface area contributed by atoms with Crippen molar-refractivity contribution < 1.29 is 4.39 Å². The number of hydrogen-bond acceptors (Lipinski definition) is 1. The molecule has 0 atom stereocenters. The van der Waals surface area contributed by atoms with Crippen molar-refractivity contribution in [2.75, 3.05) is 5.73 Å². The Morgan fingerprint density at radius 3 is 2.53 bits per heavy atom. The van der Waals surface area contributed by atoms with Crippen molar-refractivity contribution in [3.8, 4) is 11.1 Å². The number of hydrogen-bond donors (Lipinski definition) is 1. The Kier molecular flexibility index (Phi) is 1.88. The number of rotatable bonds is 0. The minimum absolute atomic E-state index is 0.207. The fourth-order valence-electron chi connectivity index (χ4n) is 2.87. The van der Waals surface area contributed by atoms with Crippen molar-refractivity contribution in [2.45, 2.75) is 19.3 Å². The molecule has 1 nitrogen and oxygen atoms in total. The van der Waals surface area contributed by atoms with Gasteiger partial charge in [-0.2, -0.15) is 0 Å². The summed E-state index contributed by atoms with van der Waals surface area (Å²) >= 11 is 0. The molecule has 0 fully saturated rings. The van der Waals surface area contributed by atoms with Crippen LogP contribution in [0.25, 0.3) is 11.1 Å². The topological polar surface area (TPSA) is 26.0 Å². The summed E-state index contributed by atoms with van der Waals surface area (Å²) in [5.74, 6) is -0.207. The second-order valence-corrected chi connectivity index (χ2v) is 5.10. The zero-order chi connectivity index (χ0) is 12.2. The lowest BCUT2D eigenvalue weighted by atomic mass is 9.82. The third-order valence-electron chi connectivity index (χ3n) is 3.63. The minimum Gasteiger partial charge on any atom is -0.399 e. The van der Waals surface area contributed by atoms with Gasteiger partial charge in [-0.15, -0.1) is 0 Å². The van der Waals surface area contributed by atoms with Crippen LogP contribution in [0.15, 0.2) is 36.4 Å². The van der Waals surface area contributed by atoms with Crippen LogP contribution >= 0.6 is 0 Å². The van der Waals surface area contributed by atoms with Gasteiger partial charge in [-0.25, -0.2) is 4.39 Å². The van der Waals surface area contributed by atoms with Gasteiger partial charge < -0.3 is 5.73 Å². The predicted octanol–water partition coefficient (Wildman–Crippen LogP) is 3.71. The Balaban J connectivity index is 2.44. The number of halogens is 1. The summed E-state index contributed by atoms with van der Waals surface area (Å²) in [6.45, 7) is 4.11. The van der Waals surface area contributed by atoms with Gasteiger partial charge >= 0.3 is 0 Å². The Hall–Kier alpha value is -1.83. The first kappa shape index (κ1) is 10.3. The van der Waals surface area contributed by atoms with Crippen LogP contribution in [-0.2, 0) is 5.41 Å². The monoisotopic (exact) mass is 227 g/mol. The van der Waals surface area contributed by atoms with Gasteiger partial charge in [-0.1, -0.05) is 38.1 Å². The molecule has 0 unspecified atom stereocenters. The summed E-state index contributed by atoms with van der Waals surface area (Å²) in [5, 5.41) is 0. The van der Waals surface area contributed by atoms with E-state index >= 15 is 0 Å². The molecule has 2 heteroatoms. The smallest absolute Gasteiger partial charge is 0.129 e. The molecule has 2 N–H and O–H groups in total. The lowest BCUT2D eigenvalue weighted by molar-refractivity contribution is 0.559. The van der Waals surface area contributed by atoms with Gasteiger partial charge in [0, 0.05) is 16.7 Å². The van der Waals surface area contributed by atoms with Gasteiger partial charge in [0.05, 0.1) is 0 Å². The van der Waals surface area contributed by atoms with Crippen LogP contribution in [0.4, 0.5) is 10.1 Å². The zero-order valence-corrected chi connectivity index (χ0v) is 9.92. The van der Waals surface area contributed by atoms with Crippen LogP contribution in [-0.4, -0.2) is 0 Å². The first-order chi connectivity index (χ1) is 8.01. The van der Waals surface area contributed by atoms with E-state index < -0.39 is 0 Å². The molecule has 2 aromatic carbocycles. The molecule has 0 saturated carbocycles. The Bertz CT molecular complexity index is 614. The molecule has 17 heavy (non-hydrogen) atoms. The maximum absolute atomic E-state index is 14.1. The van der Waals surface area contributed by atoms with Gasteiger partial charge in [0.1, 0.15) is 5.82 Å². The van der Waals surface area contributed by atoms with E-state index in [1.807, 2.05) is 24.3 Å². The zero-order valence-electron chi connectivity index (χ0n) is 9.92. The summed E-state index contributed by atoms with van der Waals surface area (Å²) in [5.41, 5.74) is 9.88. The number of fused-ring (bicyclic) bond motifs is 3. The third-order valence-corrected chi connectivity index (χ3v) is 3.63. The molecule has 0 heterocycles. The molecule has 0 saturated heterocycles. The standard InChI is InChI=1S/C15H14FN/c1-15(2)12-6-4-3-5-10(12)11-7-9(17)8-13(16)14(11)15/h3-8H,17H2,1-2H3. The highest BCUT2D eigenvalue weighted by atomic mass is 19.1. The fraction of sp³-hybridized carbons (Fsp3) is 0.200. The second kappa shape index (κ2) is 3.10. The lowest BCUT2D eigenvalue weighted by Crippen LogP contribution is -2.16. The summed E-state index contributed by atoms with van der Waals surface area (Å²) in [4.78, 5) is 0. The predicted molar refractivity (Wildman–Crippen MR) is 68.4 cm³/mol. The SMILES string of the molecule is CC1(C)c2ccccc2-c2cc(N)cc(F)c21. The molecule has 1 aliphatic carbocycles. The Labute approximate surface area is 100 Å². The number of anilines is 1. The molecule has 1 aliphatic rings. The van der Waals surface area contributed by atoms with Crippen molar-refractivity contribution in [3.63, 3.8) is 0 Å². The van der Waals surface area contributed by atoms with E-state index in [9.17, 15) is 4.39 Å². The average molecular weight is 227 g/mol. The van der Waals surface area contributed by atoms with Crippen LogP contribution in [0, 0.1) is 5.82 Å². The van der Waals surface area contributed by atoms with Crippen molar-refractivity contribution in [1.29, 1.82) is 0 Å². The largest absolute Gasteiger partial charge is 0.399 e. The molecule has 0 bridgehead atoms. The third kappa shape index (κ3) is 1.24. The average Bonchev–Trinajstić information content (AvgIpc) is 2.49. The normalized spacial score (nSPS) is 15.5. The van der Waals surface area contributed by atoms with Gasteiger partial charge in [0.15, 0.2) is 0 Å². The second-order valence-electron chi connectivity index (χ2n) is 5.10. The molecule has 0 spiro atoms. The van der Waals surface area contributed by atoms with Crippen molar-refractivity contribution in [2.24, 2.45) is 0 Å². The minimum atomic E-state index is -0.288. The van der Waals surface area contributed by atoms with Crippen molar-refractivity contribution in [1.82, 2.24) is 0 Å². The molecule has 3 rings (SSSR count). The van der Waals surface area contributed by atoms with E-state index in [-0.39, 0.29) is 11.2 Å². The van der Waals surface area contributed by atoms with Crippen LogP contribution in [0.2, 0.25) is 0 Å². The van der Waals surface area contributed by atoms with Crippen LogP contribution < -0.4 is 5.73 Å². The summed E-state index contributed by atoms with van der Waals surface area (Å²) in [7, 11) is 0. The highest BCUT2D eigenvalue weighted by Crippen LogP contribution is 2.49. The summed E-state index contributed by atoms with van der Waals surface area (Å²) < 4.78 is 14.1. The molecule has 2 aromatic rings. The molecule has 0 amide bonds. The lowest BCUT2D eigenvalue weighted by Gasteiger charge is -2.21. The highest BCUT2D eigenvalue weighted by Gasteiger charge is 2.37. The van der Waals surface area contributed by atoms with Gasteiger partial charge in [0.2, 0.25) is 0 Å². The van der Waals surface area contributed by atoms with Crippen molar-refractivity contribution >= 4 is 5.69 Å². The fourth-order valence-corrected chi connectivity index (χ4v) is 2.87. The maximum Gasteiger partial charge on any atom is 0.129 e. The van der Waals surface area contributed by atoms with E-state index in [1.54, 1.807) is 0 Å². The summed E-state index contributed by atoms with van der Waals surface area (Å²) in [6, 6.07) is 11.3. The molecule has 0 aliphatic heterocycles. The number of benzene rings is 2. The first-order valence-corrected chi connectivity index (χ1v) is 5.71. The van der Waals surface area contributed by atoms with E-state index in [4.69, 9.17) is 5.73 Å². The van der Waals surface area contributed by atoms with E-state index in [0.717, 1.165) is 16.7 Å². The molecule has 86 valence electrons. The Morgan fingerprint density at radius 1 is 1.06 bits per heavy atom.